The number of imidazole rings is 1. The Morgan fingerprint density at radius 2 is 1.32 bits per heavy atom. The van der Waals surface area contributed by atoms with Gasteiger partial charge in [-0.15, -0.1) is 0 Å². The summed E-state index contributed by atoms with van der Waals surface area (Å²) < 4.78 is 40.7. The van der Waals surface area contributed by atoms with Crippen LogP contribution in [0.1, 0.15) is 97.1 Å². The van der Waals surface area contributed by atoms with Crippen LogP contribution in [0, 0.1) is 0 Å². The molecule has 3 aromatic heterocycles. The first kappa shape index (κ1) is 47.7. The molecule has 4 atom stereocenters. The predicted octanol–water partition coefficient (Wildman–Crippen LogP) is 6.25. The molecular weight excluding hydrogens is 885 g/mol. The molecule has 1 aliphatic heterocycles. The minimum atomic E-state index is -4.28. The number of primary amides is 2. The summed E-state index contributed by atoms with van der Waals surface area (Å²) >= 11 is 0. The van der Waals surface area contributed by atoms with E-state index in [0.717, 1.165) is 59.0 Å². The maximum Gasteiger partial charge on any atom is 0.411 e. The number of benzene rings is 4. The fraction of sp³-hybridized carbons (Fsp3) is 0.380. The van der Waals surface area contributed by atoms with Gasteiger partial charge in [0.15, 0.2) is 11.3 Å². The molecule has 7 aromatic rings. The highest BCUT2D eigenvalue weighted by atomic mass is 32.2. The number of ether oxygens (including phenoxy) is 1. The van der Waals surface area contributed by atoms with E-state index in [0.29, 0.717) is 43.5 Å². The number of carbonyl (C=O) groups is 4. The highest BCUT2D eigenvalue weighted by molar-refractivity contribution is 7.89. The SMILES string of the molecule is CCC(CCNC(=O)C1CN(C(=O)OC(N)CC(CC)c2cc(C(N)=O)c3c(c2)c2ccccc2n3CC)CCN1S(=O)(=O)c1cn(C)cn1)c1cc(C(N)=O)c2c(c1)c1ccccc1n2CC. The summed E-state index contributed by atoms with van der Waals surface area (Å²) in [5.41, 5.74) is 24.6. The van der Waals surface area contributed by atoms with Crippen LogP contribution in [-0.2, 0) is 39.7 Å². The Kier molecular flexibility index (Phi) is 13.7. The molecule has 8 rings (SSSR count). The summed E-state index contributed by atoms with van der Waals surface area (Å²) in [7, 11) is -2.64. The molecular formula is C50H60N10O7S. The quantitative estimate of drug-likeness (QED) is 0.0754. The minimum absolute atomic E-state index is 0.0737. The molecule has 7 N–H and O–H groups in total. The third-order valence-electron chi connectivity index (χ3n) is 13.6. The van der Waals surface area contributed by atoms with E-state index < -0.39 is 46.1 Å². The van der Waals surface area contributed by atoms with Crippen LogP contribution < -0.4 is 22.5 Å². The van der Waals surface area contributed by atoms with Crippen LogP contribution in [0.2, 0.25) is 0 Å². The number of carbonyl (C=O) groups excluding carboxylic acids is 4. The maximum absolute atomic E-state index is 14.3. The zero-order valence-electron chi connectivity index (χ0n) is 39.1. The van der Waals surface area contributed by atoms with Crippen LogP contribution in [0.4, 0.5) is 4.79 Å². The number of sulfonamides is 1. The lowest BCUT2D eigenvalue weighted by Crippen LogP contribution is -2.61. The van der Waals surface area contributed by atoms with Gasteiger partial charge in [0.25, 0.3) is 21.8 Å². The lowest BCUT2D eigenvalue weighted by molar-refractivity contribution is -0.126. The second-order valence-corrected chi connectivity index (χ2v) is 19.4. The van der Waals surface area contributed by atoms with Gasteiger partial charge in [-0.1, -0.05) is 50.2 Å². The van der Waals surface area contributed by atoms with Gasteiger partial charge in [0.05, 0.1) is 28.5 Å². The largest absolute Gasteiger partial charge is 0.431 e. The third kappa shape index (κ3) is 8.78. The molecule has 1 saturated heterocycles. The second kappa shape index (κ2) is 19.5. The molecule has 4 heterocycles. The normalized spacial score (nSPS) is 16.1. The number of hydrogen-bond acceptors (Lipinski definition) is 9. The number of hydrogen-bond donors (Lipinski definition) is 4. The number of nitrogens with two attached hydrogens (primary N) is 3. The predicted molar refractivity (Wildman–Crippen MR) is 262 cm³/mol. The molecule has 0 aliphatic carbocycles. The fourth-order valence-electron chi connectivity index (χ4n) is 10.2. The van der Waals surface area contributed by atoms with Crippen molar-refractivity contribution in [3.63, 3.8) is 0 Å². The van der Waals surface area contributed by atoms with Gasteiger partial charge in [-0.05, 0) is 92.5 Å². The van der Waals surface area contributed by atoms with Gasteiger partial charge in [-0.3, -0.25) is 20.1 Å². The Balaban J connectivity index is 0.997. The van der Waals surface area contributed by atoms with Crippen molar-refractivity contribution in [3.05, 3.63) is 108 Å². The van der Waals surface area contributed by atoms with Crippen LogP contribution in [0.25, 0.3) is 43.6 Å². The lowest BCUT2D eigenvalue weighted by Gasteiger charge is -2.39. The number of aromatic nitrogens is 4. The van der Waals surface area contributed by atoms with E-state index in [4.69, 9.17) is 21.9 Å². The molecule has 18 heteroatoms. The van der Waals surface area contributed by atoms with Crippen molar-refractivity contribution in [2.75, 3.05) is 26.2 Å². The summed E-state index contributed by atoms with van der Waals surface area (Å²) in [5, 5.41) is 6.52. The molecule has 0 radical (unpaired) electrons. The van der Waals surface area contributed by atoms with Crippen molar-refractivity contribution in [1.82, 2.24) is 33.2 Å². The molecule has 1 fully saturated rings. The number of nitrogens with one attached hydrogen (secondary N) is 1. The van der Waals surface area contributed by atoms with E-state index in [1.807, 2.05) is 82.3 Å². The molecule has 17 nitrogen and oxygen atoms in total. The van der Waals surface area contributed by atoms with E-state index in [1.54, 1.807) is 13.1 Å². The molecule has 68 heavy (non-hydrogen) atoms. The van der Waals surface area contributed by atoms with E-state index in [-0.39, 0.29) is 49.5 Å². The number of aryl methyl sites for hydroxylation is 3. The van der Waals surface area contributed by atoms with Crippen molar-refractivity contribution in [2.24, 2.45) is 24.2 Å². The number of fused-ring (bicyclic) bond motifs is 6. The summed E-state index contributed by atoms with van der Waals surface area (Å²) in [6.45, 7) is 8.91. The monoisotopic (exact) mass is 944 g/mol. The van der Waals surface area contributed by atoms with Crippen molar-refractivity contribution in [1.29, 1.82) is 0 Å². The van der Waals surface area contributed by atoms with Crippen LogP contribution in [0.5, 0.6) is 0 Å². The maximum atomic E-state index is 14.3. The molecule has 358 valence electrons. The van der Waals surface area contributed by atoms with Gasteiger partial charge < -0.3 is 40.1 Å². The van der Waals surface area contributed by atoms with Gasteiger partial charge in [-0.25, -0.2) is 18.2 Å². The number of piperazine rings is 1. The minimum Gasteiger partial charge on any atom is -0.431 e. The first-order chi connectivity index (χ1) is 32.6. The number of para-hydroxylation sites is 2. The number of amides is 4. The first-order valence-corrected chi connectivity index (χ1v) is 24.7. The molecule has 1 aliphatic rings. The Morgan fingerprint density at radius 3 is 1.82 bits per heavy atom. The van der Waals surface area contributed by atoms with Gasteiger partial charge in [0.2, 0.25) is 5.91 Å². The molecule has 4 aromatic carbocycles. The number of nitrogens with zero attached hydrogens (tertiary/aromatic N) is 6. The van der Waals surface area contributed by atoms with Gasteiger partial charge in [-0.2, -0.15) is 4.31 Å². The molecule has 0 spiro atoms. The van der Waals surface area contributed by atoms with Crippen LogP contribution in [0.3, 0.4) is 0 Å². The standard InChI is InChI=1S/C50H60N10O7S/c1-6-30(32-22-36-34-14-10-12-16-40(34)58(8-3)45(36)38(24-32)47(52)61)18-19-54-49(63)42-27-57(20-21-60(42)68(65,66)44-28-56(5)29-55-44)50(64)67-43(51)26-31(7-2)33-23-37-35-15-11-13-17-41(35)59(9-4)46(37)39(25-33)48(53)62/h10-17,22-25,28-31,42-43H,6-9,18-21,26-27,51H2,1-5H3,(H2,52,61)(H2,53,62)(H,54,63). The van der Waals surface area contributed by atoms with E-state index in [9.17, 15) is 27.6 Å². The zero-order valence-corrected chi connectivity index (χ0v) is 40.0. The third-order valence-corrected chi connectivity index (χ3v) is 15.4. The molecule has 4 unspecified atom stereocenters. The van der Waals surface area contributed by atoms with Crippen molar-refractivity contribution in [2.45, 2.75) is 95.6 Å². The van der Waals surface area contributed by atoms with Gasteiger partial charge in [0.1, 0.15) is 6.04 Å². The highest BCUT2D eigenvalue weighted by Gasteiger charge is 2.43. The highest BCUT2D eigenvalue weighted by Crippen LogP contribution is 2.38. The van der Waals surface area contributed by atoms with E-state index in [2.05, 4.69) is 31.6 Å². The topological polar surface area (TPSA) is 236 Å². The van der Waals surface area contributed by atoms with E-state index in [1.165, 1.54) is 22.0 Å². The lowest BCUT2D eigenvalue weighted by atomic mass is 9.89. The summed E-state index contributed by atoms with van der Waals surface area (Å²) in [6.07, 6.45) is 2.81. The average molecular weight is 945 g/mol. The Bertz CT molecular complexity index is 3190. The smallest absolute Gasteiger partial charge is 0.411 e. The van der Waals surface area contributed by atoms with Crippen LogP contribution >= 0.6 is 0 Å². The summed E-state index contributed by atoms with van der Waals surface area (Å²) in [6, 6.07) is 22.4. The number of rotatable bonds is 17. The van der Waals surface area contributed by atoms with E-state index >= 15 is 0 Å². The molecule has 0 saturated carbocycles. The summed E-state index contributed by atoms with van der Waals surface area (Å²) in [4.78, 5) is 59.4. The molecule has 0 bridgehead atoms. The molecule has 4 amide bonds. The Morgan fingerprint density at radius 1 is 0.779 bits per heavy atom. The fourth-order valence-corrected chi connectivity index (χ4v) is 11.7. The summed E-state index contributed by atoms with van der Waals surface area (Å²) in [5.74, 6) is -2.01. The van der Waals surface area contributed by atoms with Gasteiger partial charge in [0, 0.05) is 91.5 Å². The van der Waals surface area contributed by atoms with Crippen LogP contribution in [0.15, 0.2) is 90.3 Å². The average Bonchev–Trinajstić information content (AvgIpc) is 4.02. The van der Waals surface area contributed by atoms with Crippen molar-refractivity contribution in [3.8, 4) is 0 Å². The van der Waals surface area contributed by atoms with Gasteiger partial charge >= 0.3 is 6.09 Å². The van der Waals surface area contributed by atoms with Crippen LogP contribution in [-0.4, -0.2) is 98.6 Å². The first-order valence-electron chi connectivity index (χ1n) is 23.3. The van der Waals surface area contributed by atoms with Crippen molar-refractivity contribution < 1.29 is 32.3 Å². The Hall–Kier alpha value is -6.76. The van der Waals surface area contributed by atoms with Crippen molar-refractivity contribution >= 4 is 77.4 Å². The second-order valence-electron chi connectivity index (χ2n) is 17.6. The zero-order chi connectivity index (χ0) is 48.6. The Labute approximate surface area is 395 Å².